The number of ether oxygens (including phenoxy) is 1. The normalized spacial score (nSPS) is 9.27. The fraction of sp³-hybridized carbons (Fsp3) is 0.167. The minimum Gasteiger partial charge on any atom is -0.464 e. The second-order valence-electron chi connectivity index (χ2n) is 1.64. The van der Waals surface area contributed by atoms with Crippen LogP contribution < -0.4 is 0 Å². The molecular formula is C6H4FN2O2. The third kappa shape index (κ3) is 1.70. The minimum absolute atomic E-state index is 0.139. The Hall–Kier alpha value is -1.52. The molecule has 0 amide bonds. The van der Waals surface area contributed by atoms with Crippen molar-refractivity contribution in [1.29, 1.82) is 0 Å². The molecule has 57 valence electrons. The summed E-state index contributed by atoms with van der Waals surface area (Å²) in [6.07, 6.45) is 1.16. The molecule has 1 rings (SSSR count). The number of hydrogen-bond acceptors (Lipinski definition) is 4. The summed E-state index contributed by atoms with van der Waals surface area (Å²) in [6.45, 7) is 0. The molecule has 1 aromatic heterocycles. The van der Waals surface area contributed by atoms with Crippen molar-refractivity contribution in [1.82, 2.24) is 9.97 Å². The van der Waals surface area contributed by atoms with Gasteiger partial charge in [-0.15, -0.1) is 0 Å². The topological polar surface area (TPSA) is 52.1 Å². The number of esters is 1. The van der Waals surface area contributed by atoms with Crippen LogP contribution in [-0.2, 0) is 4.74 Å². The van der Waals surface area contributed by atoms with Crippen molar-refractivity contribution in [2.75, 3.05) is 7.11 Å². The number of carbonyl (C=O) groups excluding carboxylic acids is 1. The standard InChI is InChI=1S/C6H4FN2O2/c1-11-5(10)4-2-3-8-6(7)9-4/h2H,1H3. The molecule has 5 heteroatoms. The Balaban J connectivity index is 2.96. The van der Waals surface area contributed by atoms with Gasteiger partial charge in [0, 0.05) is 0 Å². The van der Waals surface area contributed by atoms with Crippen LogP contribution in [0.4, 0.5) is 4.39 Å². The number of nitrogens with zero attached hydrogens (tertiary/aromatic N) is 2. The van der Waals surface area contributed by atoms with Crippen molar-refractivity contribution >= 4 is 5.97 Å². The highest BCUT2D eigenvalue weighted by Crippen LogP contribution is 1.95. The van der Waals surface area contributed by atoms with Crippen LogP contribution >= 0.6 is 0 Å². The maximum Gasteiger partial charge on any atom is 0.356 e. The second kappa shape index (κ2) is 3.05. The Morgan fingerprint density at radius 3 is 3.09 bits per heavy atom. The first-order valence-corrected chi connectivity index (χ1v) is 2.73. The highest BCUT2D eigenvalue weighted by molar-refractivity contribution is 5.86. The molecule has 0 saturated heterocycles. The average molecular weight is 155 g/mol. The van der Waals surface area contributed by atoms with Crippen molar-refractivity contribution in [3.05, 3.63) is 24.0 Å². The third-order valence-corrected chi connectivity index (χ3v) is 0.965. The number of methoxy groups -OCH3 is 1. The van der Waals surface area contributed by atoms with Gasteiger partial charge in [-0.05, 0) is 6.07 Å². The lowest BCUT2D eigenvalue weighted by Crippen LogP contribution is -2.05. The number of hydrogen-bond donors (Lipinski definition) is 0. The predicted octanol–water partition coefficient (Wildman–Crippen LogP) is 0.202. The lowest BCUT2D eigenvalue weighted by molar-refractivity contribution is 0.0592. The van der Waals surface area contributed by atoms with Crippen LogP contribution in [0.1, 0.15) is 10.5 Å². The van der Waals surface area contributed by atoms with Crippen LogP contribution in [0.3, 0.4) is 0 Å². The molecule has 0 aliphatic rings. The molecule has 11 heavy (non-hydrogen) atoms. The van der Waals surface area contributed by atoms with Crippen molar-refractivity contribution in [3.8, 4) is 0 Å². The summed E-state index contributed by atoms with van der Waals surface area (Å²) in [5, 5.41) is 0. The first-order valence-electron chi connectivity index (χ1n) is 2.73. The van der Waals surface area contributed by atoms with Gasteiger partial charge in [0.1, 0.15) is 0 Å². The zero-order chi connectivity index (χ0) is 8.27. The van der Waals surface area contributed by atoms with Crippen molar-refractivity contribution in [3.63, 3.8) is 0 Å². The molecule has 1 radical (unpaired) electrons. The van der Waals surface area contributed by atoms with E-state index in [1.54, 1.807) is 0 Å². The molecule has 0 aliphatic heterocycles. The van der Waals surface area contributed by atoms with Gasteiger partial charge in [0.2, 0.25) is 0 Å². The molecule has 0 unspecified atom stereocenters. The Bertz CT molecular complexity index is 277. The predicted molar refractivity (Wildman–Crippen MR) is 32.2 cm³/mol. The first kappa shape index (κ1) is 7.59. The monoisotopic (exact) mass is 155 g/mol. The molecule has 4 nitrogen and oxygen atoms in total. The molecular weight excluding hydrogens is 151 g/mol. The van der Waals surface area contributed by atoms with Gasteiger partial charge < -0.3 is 4.74 Å². The lowest BCUT2D eigenvalue weighted by Gasteiger charge is -1.94. The Labute approximate surface area is 62.0 Å². The number of aromatic nitrogens is 2. The van der Waals surface area contributed by atoms with E-state index in [0.717, 1.165) is 6.07 Å². The maximum absolute atomic E-state index is 12.2. The summed E-state index contributed by atoms with van der Waals surface area (Å²) < 4.78 is 16.5. The molecule has 0 N–H and O–H groups in total. The summed E-state index contributed by atoms with van der Waals surface area (Å²) in [5.74, 6) is -0.706. The highest BCUT2D eigenvalue weighted by atomic mass is 19.1. The van der Waals surface area contributed by atoms with Crippen LogP contribution in [0.25, 0.3) is 0 Å². The summed E-state index contributed by atoms with van der Waals surface area (Å²) in [7, 11) is 1.18. The van der Waals surface area contributed by atoms with Gasteiger partial charge in [-0.25, -0.2) is 9.78 Å². The van der Waals surface area contributed by atoms with E-state index in [1.807, 2.05) is 0 Å². The SMILES string of the molecule is COC(=O)c1c[c]nc(F)n1. The quantitative estimate of drug-likeness (QED) is 0.429. The zero-order valence-electron chi connectivity index (χ0n) is 5.67. The molecule has 0 aliphatic carbocycles. The van der Waals surface area contributed by atoms with E-state index in [0.29, 0.717) is 0 Å². The van der Waals surface area contributed by atoms with Gasteiger partial charge in [0.25, 0.3) is 0 Å². The third-order valence-electron chi connectivity index (χ3n) is 0.965. The Morgan fingerprint density at radius 1 is 1.82 bits per heavy atom. The fourth-order valence-electron chi connectivity index (χ4n) is 0.512. The van der Waals surface area contributed by atoms with Crippen molar-refractivity contribution < 1.29 is 13.9 Å². The molecule has 0 aromatic carbocycles. The molecule has 0 bridgehead atoms. The van der Waals surface area contributed by atoms with E-state index in [4.69, 9.17) is 0 Å². The number of rotatable bonds is 1. The van der Waals surface area contributed by atoms with Gasteiger partial charge in [0.15, 0.2) is 5.69 Å². The van der Waals surface area contributed by atoms with E-state index in [1.165, 1.54) is 7.11 Å². The fourth-order valence-corrected chi connectivity index (χ4v) is 0.512. The van der Waals surface area contributed by atoms with Crippen molar-refractivity contribution in [2.24, 2.45) is 0 Å². The first-order chi connectivity index (χ1) is 5.24. The average Bonchev–Trinajstić information content (AvgIpc) is 2.03. The molecule has 0 saturated carbocycles. The summed E-state index contributed by atoms with van der Waals surface area (Å²) in [6, 6.07) is 1.15. The number of carbonyl (C=O) groups is 1. The van der Waals surface area contributed by atoms with Crippen LogP contribution in [0.5, 0.6) is 0 Å². The van der Waals surface area contributed by atoms with Gasteiger partial charge in [-0.3, -0.25) is 0 Å². The van der Waals surface area contributed by atoms with Crippen LogP contribution in [0.2, 0.25) is 0 Å². The Morgan fingerprint density at radius 2 is 2.55 bits per heavy atom. The molecule has 0 fully saturated rings. The lowest BCUT2D eigenvalue weighted by atomic mass is 10.4. The number of halogens is 1. The van der Waals surface area contributed by atoms with Crippen molar-refractivity contribution in [2.45, 2.75) is 0 Å². The van der Waals surface area contributed by atoms with Gasteiger partial charge in [-0.1, -0.05) is 0 Å². The molecule has 0 spiro atoms. The van der Waals surface area contributed by atoms with E-state index in [2.05, 4.69) is 20.9 Å². The summed E-state index contributed by atoms with van der Waals surface area (Å²) in [5.41, 5.74) is -0.139. The largest absolute Gasteiger partial charge is 0.464 e. The highest BCUT2D eigenvalue weighted by Gasteiger charge is 2.07. The summed E-state index contributed by atoms with van der Waals surface area (Å²) >= 11 is 0. The molecule has 1 heterocycles. The van der Waals surface area contributed by atoms with Crippen LogP contribution in [0, 0.1) is 12.3 Å². The molecule has 0 atom stereocenters. The summed E-state index contributed by atoms with van der Waals surface area (Å²) in [4.78, 5) is 16.9. The van der Waals surface area contributed by atoms with Gasteiger partial charge >= 0.3 is 12.0 Å². The van der Waals surface area contributed by atoms with E-state index >= 15 is 0 Å². The van der Waals surface area contributed by atoms with E-state index in [-0.39, 0.29) is 5.69 Å². The zero-order valence-corrected chi connectivity index (χ0v) is 5.67. The smallest absolute Gasteiger partial charge is 0.356 e. The Kier molecular flexibility index (Phi) is 2.10. The van der Waals surface area contributed by atoms with Crippen LogP contribution in [0.15, 0.2) is 6.07 Å². The van der Waals surface area contributed by atoms with E-state index in [9.17, 15) is 9.18 Å². The van der Waals surface area contributed by atoms with Gasteiger partial charge in [-0.2, -0.15) is 9.37 Å². The van der Waals surface area contributed by atoms with Gasteiger partial charge in [0.05, 0.1) is 13.3 Å². The van der Waals surface area contributed by atoms with E-state index < -0.39 is 12.0 Å². The minimum atomic E-state index is -0.993. The second-order valence-corrected chi connectivity index (χ2v) is 1.64. The molecule has 1 aromatic rings. The maximum atomic E-state index is 12.2. The van der Waals surface area contributed by atoms with Crippen LogP contribution in [-0.4, -0.2) is 23.0 Å².